The molecular formula is C17H27N3S. The summed E-state index contributed by atoms with van der Waals surface area (Å²) >= 11 is 1.84. The fourth-order valence-electron chi connectivity index (χ4n) is 3.09. The van der Waals surface area contributed by atoms with Crippen LogP contribution in [-0.2, 0) is 6.42 Å². The SMILES string of the molecule is CCNC(=NCC1(C2CC2)CC1)N(C)CCc1cccs1. The Morgan fingerprint density at radius 3 is 2.86 bits per heavy atom. The van der Waals surface area contributed by atoms with E-state index in [2.05, 4.69) is 41.7 Å². The van der Waals surface area contributed by atoms with Gasteiger partial charge >= 0.3 is 0 Å². The first-order chi connectivity index (χ1) is 10.2. The first-order valence-corrected chi connectivity index (χ1v) is 9.13. The van der Waals surface area contributed by atoms with Crippen LogP contribution in [0, 0.1) is 11.3 Å². The van der Waals surface area contributed by atoms with E-state index >= 15 is 0 Å². The van der Waals surface area contributed by atoms with Gasteiger partial charge in [0.1, 0.15) is 0 Å². The molecule has 1 aromatic rings. The van der Waals surface area contributed by atoms with Crippen molar-refractivity contribution in [2.24, 2.45) is 16.3 Å². The molecule has 1 aromatic heterocycles. The molecule has 0 aromatic carbocycles. The number of nitrogens with one attached hydrogen (secondary N) is 1. The molecule has 1 N–H and O–H groups in total. The highest BCUT2D eigenvalue weighted by molar-refractivity contribution is 7.09. The minimum atomic E-state index is 0.593. The topological polar surface area (TPSA) is 27.6 Å². The number of aliphatic imine (C=N–C) groups is 1. The van der Waals surface area contributed by atoms with Crippen molar-refractivity contribution in [2.75, 3.05) is 26.7 Å². The third-order valence-electron chi connectivity index (χ3n) is 4.85. The van der Waals surface area contributed by atoms with Crippen LogP contribution < -0.4 is 5.32 Å². The van der Waals surface area contributed by atoms with Crippen molar-refractivity contribution >= 4 is 17.3 Å². The average molecular weight is 305 g/mol. The molecule has 0 spiro atoms. The van der Waals surface area contributed by atoms with Crippen molar-refractivity contribution in [2.45, 2.75) is 39.0 Å². The van der Waals surface area contributed by atoms with E-state index in [1.54, 1.807) is 0 Å². The van der Waals surface area contributed by atoms with Gasteiger partial charge in [0.05, 0.1) is 0 Å². The van der Waals surface area contributed by atoms with E-state index in [4.69, 9.17) is 4.99 Å². The van der Waals surface area contributed by atoms with Crippen LogP contribution in [0.3, 0.4) is 0 Å². The summed E-state index contributed by atoms with van der Waals surface area (Å²) < 4.78 is 0. The largest absolute Gasteiger partial charge is 0.357 e. The molecule has 3 nitrogen and oxygen atoms in total. The maximum Gasteiger partial charge on any atom is 0.193 e. The summed E-state index contributed by atoms with van der Waals surface area (Å²) in [6.07, 6.45) is 6.80. The number of hydrogen-bond donors (Lipinski definition) is 1. The lowest BCUT2D eigenvalue weighted by atomic mass is 10.0. The van der Waals surface area contributed by atoms with Gasteiger partial charge in [-0.2, -0.15) is 0 Å². The Kier molecular flexibility index (Phi) is 4.53. The molecule has 0 saturated heterocycles. The maximum absolute atomic E-state index is 4.94. The molecule has 0 amide bonds. The zero-order chi connectivity index (χ0) is 14.7. The zero-order valence-corrected chi connectivity index (χ0v) is 14.1. The molecule has 0 bridgehead atoms. The lowest BCUT2D eigenvalue weighted by Gasteiger charge is -2.23. The second-order valence-corrected chi connectivity index (χ2v) is 7.59. The smallest absolute Gasteiger partial charge is 0.193 e. The minimum absolute atomic E-state index is 0.593. The van der Waals surface area contributed by atoms with Gasteiger partial charge in [0.15, 0.2) is 5.96 Å². The molecule has 2 saturated carbocycles. The van der Waals surface area contributed by atoms with Gasteiger partial charge < -0.3 is 10.2 Å². The fourth-order valence-corrected chi connectivity index (χ4v) is 3.79. The van der Waals surface area contributed by atoms with E-state index in [0.29, 0.717) is 5.41 Å². The second-order valence-electron chi connectivity index (χ2n) is 6.56. The molecule has 2 aliphatic rings. The first kappa shape index (κ1) is 14.9. The van der Waals surface area contributed by atoms with E-state index in [0.717, 1.165) is 37.9 Å². The van der Waals surface area contributed by atoms with Crippen LogP contribution >= 0.6 is 11.3 Å². The van der Waals surface area contributed by atoms with E-state index < -0.39 is 0 Å². The van der Waals surface area contributed by atoms with Gasteiger partial charge in [-0.15, -0.1) is 11.3 Å². The fraction of sp³-hybridized carbons (Fsp3) is 0.706. The normalized spacial score (nSPS) is 20.4. The van der Waals surface area contributed by atoms with Crippen molar-refractivity contribution < 1.29 is 0 Å². The second kappa shape index (κ2) is 6.39. The van der Waals surface area contributed by atoms with Crippen LogP contribution in [0.5, 0.6) is 0 Å². The van der Waals surface area contributed by atoms with Gasteiger partial charge in [0.2, 0.25) is 0 Å². The quantitative estimate of drug-likeness (QED) is 0.618. The predicted octanol–water partition coefficient (Wildman–Crippen LogP) is 3.38. The number of nitrogens with zero attached hydrogens (tertiary/aromatic N) is 2. The number of hydrogen-bond acceptors (Lipinski definition) is 2. The van der Waals surface area contributed by atoms with Crippen molar-refractivity contribution in [1.82, 2.24) is 10.2 Å². The highest BCUT2D eigenvalue weighted by atomic mass is 32.1. The molecule has 21 heavy (non-hydrogen) atoms. The van der Waals surface area contributed by atoms with Gasteiger partial charge in [-0.25, -0.2) is 0 Å². The van der Waals surface area contributed by atoms with Gasteiger partial charge in [-0.3, -0.25) is 4.99 Å². The van der Waals surface area contributed by atoms with Crippen LogP contribution in [-0.4, -0.2) is 37.5 Å². The van der Waals surface area contributed by atoms with E-state index in [1.165, 1.54) is 30.6 Å². The van der Waals surface area contributed by atoms with Crippen molar-refractivity contribution in [3.8, 4) is 0 Å². The predicted molar refractivity (Wildman–Crippen MR) is 91.0 cm³/mol. The minimum Gasteiger partial charge on any atom is -0.357 e. The molecule has 2 fully saturated rings. The summed E-state index contributed by atoms with van der Waals surface area (Å²) in [5, 5.41) is 5.61. The van der Waals surface area contributed by atoms with Gasteiger partial charge in [-0.05, 0) is 61.8 Å². The van der Waals surface area contributed by atoms with E-state index in [1.807, 2.05) is 11.3 Å². The summed E-state index contributed by atoms with van der Waals surface area (Å²) in [7, 11) is 2.16. The number of likely N-dealkylation sites (N-methyl/N-ethyl adjacent to an activating group) is 1. The maximum atomic E-state index is 4.94. The molecule has 0 radical (unpaired) electrons. The average Bonchev–Trinajstić information content (AvgIpc) is 3.40. The molecule has 0 unspecified atom stereocenters. The molecule has 3 rings (SSSR count). The highest BCUT2D eigenvalue weighted by Crippen LogP contribution is 2.61. The van der Waals surface area contributed by atoms with Crippen LogP contribution in [0.25, 0.3) is 0 Å². The van der Waals surface area contributed by atoms with Crippen LogP contribution in [0.4, 0.5) is 0 Å². The number of thiophene rings is 1. The van der Waals surface area contributed by atoms with Crippen molar-refractivity contribution in [3.63, 3.8) is 0 Å². The molecule has 2 aliphatic carbocycles. The lowest BCUT2D eigenvalue weighted by Crippen LogP contribution is -2.40. The summed E-state index contributed by atoms with van der Waals surface area (Å²) in [6.45, 7) is 5.15. The Morgan fingerprint density at radius 2 is 2.29 bits per heavy atom. The van der Waals surface area contributed by atoms with E-state index in [-0.39, 0.29) is 0 Å². The Hall–Kier alpha value is -1.03. The molecule has 116 valence electrons. The Labute approximate surface area is 132 Å². The third kappa shape index (κ3) is 3.79. The Morgan fingerprint density at radius 1 is 1.48 bits per heavy atom. The Balaban J connectivity index is 1.54. The summed E-state index contributed by atoms with van der Waals surface area (Å²) in [5.41, 5.74) is 0.593. The van der Waals surface area contributed by atoms with Crippen LogP contribution in [0.15, 0.2) is 22.5 Å². The summed E-state index contributed by atoms with van der Waals surface area (Å²) in [6, 6.07) is 4.35. The van der Waals surface area contributed by atoms with Crippen LogP contribution in [0.2, 0.25) is 0 Å². The summed E-state index contributed by atoms with van der Waals surface area (Å²) in [4.78, 5) is 8.68. The molecule has 1 heterocycles. The third-order valence-corrected chi connectivity index (χ3v) is 5.79. The number of guanidine groups is 1. The lowest BCUT2D eigenvalue weighted by molar-refractivity contribution is 0.439. The zero-order valence-electron chi connectivity index (χ0n) is 13.3. The standard InChI is InChI=1S/C17H27N3S/c1-3-18-16(19-13-17(9-10-17)14-6-7-14)20(2)11-8-15-5-4-12-21-15/h4-5,12,14H,3,6-11,13H2,1-2H3,(H,18,19). The Bertz CT molecular complexity index is 472. The molecule has 0 aliphatic heterocycles. The van der Waals surface area contributed by atoms with Crippen molar-refractivity contribution in [3.05, 3.63) is 22.4 Å². The van der Waals surface area contributed by atoms with Gasteiger partial charge in [0.25, 0.3) is 0 Å². The summed E-state index contributed by atoms with van der Waals surface area (Å²) in [5.74, 6) is 2.07. The molecule has 4 heteroatoms. The van der Waals surface area contributed by atoms with Gasteiger partial charge in [0, 0.05) is 31.6 Å². The van der Waals surface area contributed by atoms with Gasteiger partial charge in [-0.1, -0.05) is 6.07 Å². The van der Waals surface area contributed by atoms with Crippen LogP contribution in [0.1, 0.15) is 37.5 Å². The molecular weight excluding hydrogens is 278 g/mol. The monoisotopic (exact) mass is 305 g/mol. The highest BCUT2D eigenvalue weighted by Gasteiger charge is 2.53. The number of rotatable bonds is 7. The van der Waals surface area contributed by atoms with Crippen molar-refractivity contribution in [1.29, 1.82) is 0 Å². The first-order valence-electron chi connectivity index (χ1n) is 8.25. The molecule has 0 atom stereocenters. The van der Waals surface area contributed by atoms with E-state index in [9.17, 15) is 0 Å².